The Morgan fingerprint density at radius 1 is 1.39 bits per heavy atom. The quantitative estimate of drug-likeness (QED) is 0.701. The monoisotopic (exact) mass is 445 g/mol. The molecule has 2 bridgehead atoms. The van der Waals surface area contributed by atoms with E-state index < -0.39 is 0 Å². The lowest BCUT2D eigenvalue weighted by molar-refractivity contribution is -0.145. The molecule has 4 nitrogen and oxygen atoms in total. The third kappa shape index (κ3) is 2.08. The zero-order valence-electron chi connectivity index (χ0n) is 16.7. The van der Waals surface area contributed by atoms with Crippen molar-refractivity contribution in [3.8, 4) is 11.5 Å². The standard InChI is InChI=1S/C23H28BrNO3/c1-12-8-15-17-9-14-16(24)10-18(27-2)21-19(14)23(15,22(28-21)20(12)26)6-7-25(17)11-13-4-3-5-13/h10,12-13,15,17,22H,3-9,11H2,1-2H3/t12-,15-,17+,22?,23-/m0/s1. The first-order chi connectivity index (χ1) is 13.5. The molecule has 0 N–H and O–H groups in total. The molecule has 1 unspecified atom stereocenters. The van der Waals surface area contributed by atoms with Crippen molar-refractivity contribution < 1.29 is 14.3 Å². The molecule has 5 aliphatic rings. The summed E-state index contributed by atoms with van der Waals surface area (Å²) in [5.74, 6) is 3.38. The van der Waals surface area contributed by atoms with E-state index in [1.807, 2.05) is 6.07 Å². The van der Waals surface area contributed by atoms with Gasteiger partial charge < -0.3 is 9.47 Å². The van der Waals surface area contributed by atoms with Crippen LogP contribution in [0.25, 0.3) is 0 Å². The van der Waals surface area contributed by atoms with Gasteiger partial charge in [-0.2, -0.15) is 0 Å². The lowest BCUT2D eigenvalue weighted by atomic mass is 9.50. The average molecular weight is 446 g/mol. The average Bonchev–Trinajstić information content (AvgIpc) is 2.98. The van der Waals surface area contributed by atoms with Crippen LogP contribution >= 0.6 is 15.9 Å². The molecule has 1 aromatic rings. The topological polar surface area (TPSA) is 38.8 Å². The molecule has 2 saturated carbocycles. The molecular weight excluding hydrogens is 418 g/mol. The first-order valence-corrected chi connectivity index (χ1v) is 11.7. The van der Waals surface area contributed by atoms with Gasteiger partial charge in [0, 0.05) is 34.0 Å². The number of carbonyl (C=O) groups is 1. The predicted molar refractivity (Wildman–Crippen MR) is 110 cm³/mol. The van der Waals surface area contributed by atoms with Crippen LogP contribution in [0.3, 0.4) is 0 Å². The van der Waals surface area contributed by atoms with Crippen LogP contribution in [0.2, 0.25) is 0 Å². The van der Waals surface area contributed by atoms with Crippen LogP contribution in [-0.2, 0) is 16.6 Å². The van der Waals surface area contributed by atoms with Gasteiger partial charge in [-0.3, -0.25) is 9.69 Å². The Morgan fingerprint density at radius 2 is 2.21 bits per heavy atom. The first-order valence-electron chi connectivity index (χ1n) is 10.9. The molecule has 2 heterocycles. The number of ketones is 1. The van der Waals surface area contributed by atoms with E-state index in [0.29, 0.717) is 17.7 Å². The van der Waals surface area contributed by atoms with Gasteiger partial charge in [-0.05, 0) is 62.1 Å². The van der Waals surface area contributed by atoms with Crippen molar-refractivity contribution >= 4 is 21.7 Å². The second-order valence-corrected chi connectivity index (χ2v) is 10.6. The number of benzene rings is 1. The number of hydrogen-bond donors (Lipinski definition) is 0. The zero-order valence-corrected chi connectivity index (χ0v) is 18.3. The SMILES string of the molecule is COc1cc(Br)c2c3c1OC1C(=O)[C@@H](C)C[C@H]4[C@@H](C2)N(CC2CCC2)CC[C@]314. The highest BCUT2D eigenvalue weighted by Crippen LogP contribution is 2.65. The molecule has 1 spiro atoms. The second-order valence-electron chi connectivity index (χ2n) is 9.74. The van der Waals surface area contributed by atoms with Gasteiger partial charge in [0.15, 0.2) is 23.4 Å². The third-order valence-corrected chi connectivity index (χ3v) is 9.29. The van der Waals surface area contributed by atoms with Gasteiger partial charge in [-0.25, -0.2) is 0 Å². The minimum atomic E-state index is -0.327. The largest absolute Gasteiger partial charge is 0.493 e. The summed E-state index contributed by atoms with van der Waals surface area (Å²) in [5, 5.41) is 0. The van der Waals surface area contributed by atoms with E-state index in [4.69, 9.17) is 9.47 Å². The summed E-state index contributed by atoms with van der Waals surface area (Å²) in [5.41, 5.74) is 2.51. The Bertz CT molecular complexity index is 866. The fraction of sp³-hybridized carbons (Fsp3) is 0.696. The number of Topliss-reactive ketones (excluding diaryl/α,β-unsaturated/α-hetero) is 1. The number of halogens is 1. The van der Waals surface area contributed by atoms with Crippen molar-refractivity contribution in [2.75, 3.05) is 20.2 Å². The summed E-state index contributed by atoms with van der Waals surface area (Å²) in [6.45, 7) is 4.43. The molecule has 2 aliphatic heterocycles. The van der Waals surface area contributed by atoms with Gasteiger partial charge in [0.1, 0.15) is 0 Å². The molecule has 0 radical (unpaired) electrons. The highest BCUT2D eigenvalue weighted by atomic mass is 79.9. The number of likely N-dealkylation sites (tertiary alicyclic amines) is 1. The van der Waals surface area contributed by atoms with Crippen molar-refractivity contribution in [2.24, 2.45) is 17.8 Å². The van der Waals surface area contributed by atoms with E-state index in [2.05, 4.69) is 27.8 Å². The highest BCUT2D eigenvalue weighted by Gasteiger charge is 2.67. The van der Waals surface area contributed by atoms with Gasteiger partial charge in [-0.15, -0.1) is 0 Å². The lowest BCUT2D eigenvalue weighted by Gasteiger charge is -2.59. The van der Waals surface area contributed by atoms with Crippen LogP contribution in [-0.4, -0.2) is 43.0 Å². The molecule has 0 amide bonds. The molecule has 28 heavy (non-hydrogen) atoms. The minimum absolute atomic E-state index is 0.0829. The molecule has 5 heteroatoms. The van der Waals surface area contributed by atoms with Gasteiger partial charge in [-0.1, -0.05) is 29.3 Å². The molecule has 5 atom stereocenters. The second kappa shape index (κ2) is 5.98. The molecular formula is C23H28BrNO3. The zero-order chi connectivity index (χ0) is 19.2. The molecule has 6 rings (SSSR count). The summed E-state index contributed by atoms with van der Waals surface area (Å²) in [6, 6.07) is 2.57. The Hall–Kier alpha value is -1.07. The van der Waals surface area contributed by atoms with Crippen molar-refractivity contribution in [1.29, 1.82) is 0 Å². The Balaban J connectivity index is 1.52. The number of ether oxygens (including phenoxy) is 2. The van der Waals surface area contributed by atoms with Crippen LogP contribution in [0.15, 0.2) is 10.5 Å². The van der Waals surface area contributed by atoms with Crippen LogP contribution in [0.5, 0.6) is 11.5 Å². The molecule has 3 fully saturated rings. The predicted octanol–water partition coefficient (Wildman–Crippen LogP) is 4.11. The third-order valence-electron chi connectivity index (χ3n) is 8.58. The molecule has 150 valence electrons. The number of nitrogens with zero attached hydrogens (tertiary/aromatic N) is 1. The fourth-order valence-electron chi connectivity index (χ4n) is 7.02. The Kier molecular flexibility index (Phi) is 3.79. The van der Waals surface area contributed by atoms with E-state index in [-0.39, 0.29) is 17.4 Å². The van der Waals surface area contributed by atoms with Crippen LogP contribution in [0.4, 0.5) is 0 Å². The number of hydrogen-bond acceptors (Lipinski definition) is 4. The first kappa shape index (κ1) is 17.8. The van der Waals surface area contributed by atoms with Crippen LogP contribution < -0.4 is 9.47 Å². The smallest absolute Gasteiger partial charge is 0.177 e. The van der Waals surface area contributed by atoms with Gasteiger partial charge in [0.05, 0.1) is 7.11 Å². The lowest BCUT2D eigenvalue weighted by Crippen LogP contribution is -2.67. The maximum absolute atomic E-state index is 13.3. The maximum atomic E-state index is 13.3. The number of methoxy groups -OCH3 is 1. The van der Waals surface area contributed by atoms with Gasteiger partial charge in [0.2, 0.25) is 0 Å². The molecule has 0 aromatic heterocycles. The van der Waals surface area contributed by atoms with Crippen molar-refractivity contribution in [3.63, 3.8) is 0 Å². The van der Waals surface area contributed by atoms with Gasteiger partial charge in [0.25, 0.3) is 0 Å². The number of carbonyl (C=O) groups excluding carboxylic acids is 1. The minimum Gasteiger partial charge on any atom is -0.493 e. The Morgan fingerprint density at radius 3 is 2.93 bits per heavy atom. The van der Waals surface area contributed by atoms with Crippen molar-refractivity contribution in [3.05, 3.63) is 21.7 Å². The molecule has 3 aliphatic carbocycles. The van der Waals surface area contributed by atoms with E-state index in [9.17, 15) is 4.79 Å². The van der Waals surface area contributed by atoms with E-state index >= 15 is 0 Å². The summed E-state index contributed by atoms with van der Waals surface area (Å²) >= 11 is 3.83. The van der Waals surface area contributed by atoms with E-state index in [0.717, 1.165) is 47.7 Å². The molecule has 1 aromatic carbocycles. The number of rotatable bonds is 3. The fourth-order valence-corrected chi connectivity index (χ4v) is 7.59. The summed E-state index contributed by atoms with van der Waals surface area (Å²) in [4.78, 5) is 16.0. The normalized spacial score (nSPS) is 38.6. The van der Waals surface area contributed by atoms with Crippen molar-refractivity contribution in [2.45, 2.75) is 63.0 Å². The Labute approximate surface area is 175 Å². The van der Waals surface area contributed by atoms with E-state index in [1.54, 1.807) is 7.11 Å². The van der Waals surface area contributed by atoms with Crippen molar-refractivity contribution in [1.82, 2.24) is 4.90 Å². The highest BCUT2D eigenvalue weighted by molar-refractivity contribution is 9.10. The number of piperidine rings is 1. The summed E-state index contributed by atoms with van der Waals surface area (Å²) < 4.78 is 13.3. The van der Waals surface area contributed by atoms with E-state index in [1.165, 1.54) is 36.9 Å². The molecule has 1 saturated heterocycles. The van der Waals surface area contributed by atoms with Crippen LogP contribution in [0, 0.1) is 17.8 Å². The van der Waals surface area contributed by atoms with Crippen LogP contribution in [0.1, 0.15) is 50.2 Å². The maximum Gasteiger partial charge on any atom is 0.177 e. The summed E-state index contributed by atoms with van der Waals surface area (Å²) in [7, 11) is 1.70. The summed E-state index contributed by atoms with van der Waals surface area (Å²) in [6.07, 6.45) is 6.94. The van der Waals surface area contributed by atoms with Gasteiger partial charge >= 0.3 is 0 Å².